The molecule has 0 fully saturated rings. The van der Waals surface area contributed by atoms with Gasteiger partial charge in [-0.25, -0.2) is 0 Å². The van der Waals surface area contributed by atoms with Gasteiger partial charge in [-0.1, -0.05) is 48.5 Å². The molecule has 0 heterocycles. The lowest BCUT2D eigenvalue weighted by molar-refractivity contribution is -0.00000513. The molecule has 4 heteroatoms. The van der Waals surface area contributed by atoms with E-state index in [9.17, 15) is 0 Å². The maximum atomic E-state index is 4.45. The molecule has 0 spiro atoms. The lowest BCUT2D eigenvalue weighted by Crippen LogP contribution is -3.00. The molecule has 148 valence electrons. The van der Waals surface area contributed by atoms with Crippen molar-refractivity contribution in [2.75, 3.05) is 17.7 Å². The highest BCUT2D eigenvalue weighted by molar-refractivity contribution is 7.95. The molecular formula is C24H28BrPS2. The van der Waals surface area contributed by atoms with Crippen LogP contribution in [0.15, 0.2) is 84.9 Å². The highest BCUT2D eigenvalue weighted by Crippen LogP contribution is 2.55. The van der Waals surface area contributed by atoms with Crippen LogP contribution >= 0.6 is 32.5 Å². The molecule has 0 saturated carbocycles. The first kappa shape index (κ1) is 23.5. The first-order chi connectivity index (χ1) is 13.3. The molecule has 0 N–H and O–H groups in total. The average molecular weight is 492 g/mol. The maximum Gasteiger partial charge on any atom is 0.112 e. The number of hydrogen-bond donors (Lipinski definition) is 2. The van der Waals surface area contributed by atoms with Crippen molar-refractivity contribution < 1.29 is 17.0 Å². The Morgan fingerprint density at radius 1 is 0.571 bits per heavy atom. The Balaban J connectivity index is 0.00000280. The maximum absolute atomic E-state index is 4.45. The third-order valence-corrected chi connectivity index (χ3v) is 10.1. The van der Waals surface area contributed by atoms with Gasteiger partial charge in [-0.15, -0.1) is 0 Å². The zero-order valence-electron chi connectivity index (χ0n) is 16.0. The van der Waals surface area contributed by atoms with E-state index in [-0.39, 0.29) is 17.0 Å². The molecule has 0 aromatic heterocycles. The number of halogens is 1. The van der Waals surface area contributed by atoms with E-state index >= 15 is 0 Å². The normalized spacial score (nSPS) is 11.1. The van der Waals surface area contributed by atoms with Crippen LogP contribution in [0, 0.1) is 0 Å². The highest BCUT2D eigenvalue weighted by atomic mass is 79.9. The molecule has 3 aromatic carbocycles. The molecule has 0 aliphatic carbocycles. The van der Waals surface area contributed by atoms with Crippen molar-refractivity contribution in [1.82, 2.24) is 0 Å². The van der Waals surface area contributed by atoms with Gasteiger partial charge in [-0.3, -0.25) is 0 Å². The fraction of sp³-hybridized carbons (Fsp3) is 0.250. The minimum atomic E-state index is -1.67. The average Bonchev–Trinajstić information content (AvgIpc) is 2.74. The number of hydrogen-bond acceptors (Lipinski definition) is 2. The Bertz CT molecular complexity index is 768. The lowest BCUT2D eigenvalue weighted by atomic mass is 10.2. The van der Waals surface area contributed by atoms with Crippen LogP contribution in [0.1, 0.15) is 18.4 Å². The summed E-state index contributed by atoms with van der Waals surface area (Å²) >= 11 is 8.84. The summed E-state index contributed by atoms with van der Waals surface area (Å²) in [6, 6.07) is 31.6. The van der Waals surface area contributed by atoms with Crippen molar-refractivity contribution in [3.05, 3.63) is 90.5 Å². The molecule has 3 aromatic rings. The summed E-state index contributed by atoms with van der Waals surface area (Å²) in [7, 11) is -1.67. The zero-order valence-corrected chi connectivity index (χ0v) is 20.3. The fourth-order valence-corrected chi connectivity index (χ4v) is 8.58. The topological polar surface area (TPSA) is 0 Å². The number of aryl methyl sites for hydroxylation is 1. The second-order valence-corrected chi connectivity index (χ2v) is 11.3. The summed E-state index contributed by atoms with van der Waals surface area (Å²) in [4.78, 5) is 0. The molecule has 0 aliphatic rings. The number of benzene rings is 3. The van der Waals surface area contributed by atoms with Crippen LogP contribution < -0.4 is 32.9 Å². The van der Waals surface area contributed by atoms with Crippen molar-refractivity contribution in [1.29, 1.82) is 0 Å². The minimum absolute atomic E-state index is 0. The Kier molecular flexibility index (Phi) is 10.2. The third-order valence-electron chi connectivity index (χ3n) is 5.07. The fourth-order valence-electron chi connectivity index (χ4n) is 3.71. The van der Waals surface area contributed by atoms with Gasteiger partial charge in [-0.05, 0) is 72.7 Å². The van der Waals surface area contributed by atoms with E-state index in [1.54, 1.807) is 0 Å². The molecular weight excluding hydrogens is 463 g/mol. The largest absolute Gasteiger partial charge is 1.00 e. The summed E-state index contributed by atoms with van der Waals surface area (Å²) in [5.74, 6) is 1.84. The number of thiol groups is 2. The minimum Gasteiger partial charge on any atom is -1.00 e. The predicted octanol–water partition coefficient (Wildman–Crippen LogP) is 2.17. The molecule has 0 radical (unpaired) electrons. The first-order valence-corrected chi connectivity index (χ1v) is 12.9. The molecule has 0 amide bonds. The summed E-state index contributed by atoms with van der Waals surface area (Å²) in [6.07, 6.45) is 4.56. The second-order valence-electron chi connectivity index (χ2n) is 6.78. The summed E-state index contributed by atoms with van der Waals surface area (Å²) in [5, 5.41) is 4.41. The number of unbranched alkanes of at least 4 members (excludes halogenated alkanes) is 1. The quantitative estimate of drug-likeness (QED) is 0.256. The van der Waals surface area contributed by atoms with Crippen LogP contribution in [0.5, 0.6) is 0 Å². The van der Waals surface area contributed by atoms with E-state index in [1.165, 1.54) is 34.1 Å². The highest BCUT2D eigenvalue weighted by Gasteiger charge is 2.44. The molecule has 0 bridgehead atoms. The van der Waals surface area contributed by atoms with Crippen LogP contribution in [-0.2, 0) is 6.42 Å². The third kappa shape index (κ3) is 5.45. The van der Waals surface area contributed by atoms with Crippen molar-refractivity contribution in [3.8, 4) is 0 Å². The van der Waals surface area contributed by atoms with Crippen LogP contribution in [0.4, 0.5) is 0 Å². The Labute approximate surface area is 192 Å². The molecule has 0 aliphatic heterocycles. The van der Waals surface area contributed by atoms with E-state index < -0.39 is 7.26 Å². The van der Waals surface area contributed by atoms with Crippen molar-refractivity contribution in [3.63, 3.8) is 0 Å². The van der Waals surface area contributed by atoms with E-state index in [2.05, 4.69) is 110 Å². The first-order valence-electron chi connectivity index (χ1n) is 9.62. The van der Waals surface area contributed by atoms with Gasteiger partial charge in [0, 0.05) is 0 Å². The van der Waals surface area contributed by atoms with Crippen LogP contribution in [0.25, 0.3) is 0 Å². The van der Waals surface area contributed by atoms with Crippen molar-refractivity contribution >= 4 is 48.4 Å². The molecule has 0 atom stereocenters. The van der Waals surface area contributed by atoms with Gasteiger partial charge in [0.15, 0.2) is 0 Å². The van der Waals surface area contributed by atoms with Gasteiger partial charge < -0.3 is 17.0 Å². The van der Waals surface area contributed by atoms with E-state index in [0.29, 0.717) is 0 Å². The van der Waals surface area contributed by atoms with Gasteiger partial charge in [0.2, 0.25) is 0 Å². The smallest absolute Gasteiger partial charge is 0.112 e. The Morgan fingerprint density at radius 3 is 1.54 bits per heavy atom. The van der Waals surface area contributed by atoms with Gasteiger partial charge in [-0.2, -0.15) is 25.3 Å². The van der Waals surface area contributed by atoms with Crippen LogP contribution in [-0.4, -0.2) is 17.7 Å². The van der Waals surface area contributed by atoms with Gasteiger partial charge in [0.25, 0.3) is 0 Å². The van der Waals surface area contributed by atoms with Crippen LogP contribution in [0.3, 0.4) is 0 Å². The molecule has 0 unspecified atom stereocenters. The number of rotatable bonds is 9. The summed E-state index contributed by atoms with van der Waals surface area (Å²) < 4.78 is 0. The predicted molar refractivity (Wildman–Crippen MR) is 131 cm³/mol. The van der Waals surface area contributed by atoms with E-state index in [4.69, 9.17) is 0 Å². The van der Waals surface area contributed by atoms with Gasteiger partial charge in [0.05, 0.1) is 6.16 Å². The molecule has 0 saturated heterocycles. The molecule has 0 nitrogen and oxygen atoms in total. The van der Waals surface area contributed by atoms with Gasteiger partial charge >= 0.3 is 0 Å². The van der Waals surface area contributed by atoms with Crippen molar-refractivity contribution in [2.24, 2.45) is 0 Å². The van der Waals surface area contributed by atoms with Crippen molar-refractivity contribution in [2.45, 2.75) is 19.3 Å². The van der Waals surface area contributed by atoms with Gasteiger partial charge in [0.1, 0.15) is 23.2 Å². The Hall–Kier alpha value is -0.730. The zero-order chi connectivity index (χ0) is 19.0. The van der Waals surface area contributed by atoms with E-state index in [0.717, 1.165) is 24.3 Å². The van der Waals surface area contributed by atoms with E-state index in [1.807, 2.05) is 0 Å². The summed E-state index contributed by atoms with van der Waals surface area (Å²) in [6.45, 7) is 0. The van der Waals surface area contributed by atoms with Crippen LogP contribution in [0.2, 0.25) is 0 Å². The lowest BCUT2D eigenvalue weighted by Gasteiger charge is -2.28. The Morgan fingerprint density at radius 2 is 1.07 bits per heavy atom. The summed E-state index contributed by atoms with van der Waals surface area (Å²) in [5.41, 5.74) is 1.36. The molecule has 3 rings (SSSR count). The standard InChI is InChI=1S/C24H27PS2.BrH/c26-19-8-7-18-25(22-9-3-1-4-10-22,23-11-5-2-6-12-23)24-15-13-21(14-16-24)17-20-27;/h1-6,9-16H,7-8,17-20H2,(H-,26,27);1H. The SMILES string of the molecule is SCCCC[P+](c1ccccc1)(c1ccccc1)c1ccc(CCS)cc1.[Br-]. The monoisotopic (exact) mass is 490 g/mol. The molecule has 28 heavy (non-hydrogen) atoms. The second kappa shape index (κ2) is 12.1.